The summed E-state index contributed by atoms with van der Waals surface area (Å²) in [5, 5.41) is 8.66. The predicted molar refractivity (Wildman–Crippen MR) is 73.4 cm³/mol. The van der Waals surface area contributed by atoms with E-state index in [4.69, 9.17) is 19.3 Å². The summed E-state index contributed by atoms with van der Waals surface area (Å²) in [6.45, 7) is 1.33. The minimum atomic E-state index is -0.766. The molecule has 1 heterocycles. The van der Waals surface area contributed by atoms with Crippen LogP contribution in [0.5, 0.6) is 11.5 Å². The van der Waals surface area contributed by atoms with E-state index in [0.29, 0.717) is 30.9 Å². The largest absolute Gasteiger partial charge is 0.493 e. The number of carbonyl (C=O) groups is 1. The van der Waals surface area contributed by atoms with Gasteiger partial charge in [-0.3, -0.25) is 4.79 Å². The Labute approximate surface area is 118 Å². The molecule has 5 heteroatoms. The molecule has 0 spiro atoms. The average molecular weight is 280 g/mol. The highest BCUT2D eigenvalue weighted by molar-refractivity contribution is 5.66. The van der Waals surface area contributed by atoms with E-state index in [1.807, 2.05) is 18.2 Å². The Bertz CT molecular complexity index is 452. The SMILES string of the molecule is COc1ccc(CCCC(=O)O)cc1OC1CCOC1. The summed E-state index contributed by atoms with van der Waals surface area (Å²) >= 11 is 0. The fourth-order valence-corrected chi connectivity index (χ4v) is 2.20. The number of rotatable bonds is 7. The number of hydrogen-bond acceptors (Lipinski definition) is 4. The smallest absolute Gasteiger partial charge is 0.303 e. The number of methoxy groups -OCH3 is 1. The zero-order chi connectivity index (χ0) is 14.4. The Balaban J connectivity index is 2.01. The van der Waals surface area contributed by atoms with Crippen LogP contribution in [-0.2, 0) is 16.0 Å². The van der Waals surface area contributed by atoms with Crippen molar-refractivity contribution in [3.63, 3.8) is 0 Å². The Hall–Kier alpha value is -1.75. The number of benzene rings is 1. The van der Waals surface area contributed by atoms with Gasteiger partial charge < -0.3 is 19.3 Å². The molecule has 0 aromatic heterocycles. The van der Waals surface area contributed by atoms with Gasteiger partial charge in [-0.1, -0.05) is 6.07 Å². The average Bonchev–Trinajstić information content (AvgIpc) is 2.91. The van der Waals surface area contributed by atoms with Gasteiger partial charge in [-0.25, -0.2) is 0 Å². The van der Waals surface area contributed by atoms with Crippen LogP contribution in [0.25, 0.3) is 0 Å². The van der Waals surface area contributed by atoms with Gasteiger partial charge in [0.1, 0.15) is 6.10 Å². The molecular weight excluding hydrogens is 260 g/mol. The molecule has 0 radical (unpaired) electrons. The molecule has 5 nitrogen and oxygen atoms in total. The highest BCUT2D eigenvalue weighted by Gasteiger charge is 2.19. The molecule has 1 aromatic rings. The van der Waals surface area contributed by atoms with Crippen LogP contribution in [-0.4, -0.2) is 37.5 Å². The van der Waals surface area contributed by atoms with Crippen molar-refractivity contribution in [3.8, 4) is 11.5 Å². The Kier molecular flexibility index (Phi) is 5.24. The normalized spacial score (nSPS) is 17.9. The first kappa shape index (κ1) is 14.7. The van der Waals surface area contributed by atoms with Gasteiger partial charge in [0.2, 0.25) is 0 Å². The summed E-state index contributed by atoms with van der Waals surface area (Å²) in [4.78, 5) is 10.5. The summed E-state index contributed by atoms with van der Waals surface area (Å²) in [6, 6.07) is 5.74. The Morgan fingerprint density at radius 3 is 2.95 bits per heavy atom. The second-order valence-electron chi connectivity index (χ2n) is 4.84. The molecule has 0 amide bonds. The Morgan fingerprint density at radius 2 is 2.30 bits per heavy atom. The summed E-state index contributed by atoms with van der Waals surface area (Å²) in [5.74, 6) is 0.632. The summed E-state index contributed by atoms with van der Waals surface area (Å²) in [5.41, 5.74) is 1.06. The first-order valence-corrected chi connectivity index (χ1v) is 6.82. The van der Waals surface area contributed by atoms with Crippen LogP contribution < -0.4 is 9.47 Å². The molecule has 0 bridgehead atoms. The quantitative estimate of drug-likeness (QED) is 0.830. The van der Waals surface area contributed by atoms with Gasteiger partial charge in [0.05, 0.1) is 20.3 Å². The third-order valence-corrected chi connectivity index (χ3v) is 3.27. The van der Waals surface area contributed by atoms with Crippen LogP contribution in [0.3, 0.4) is 0 Å². The highest BCUT2D eigenvalue weighted by atomic mass is 16.6. The number of aliphatic carboxylic acids is 1. The predicted octanol–water partition coefficient (Wildman–Crippen LogP) is 2.27. The van der Waals surface area contributed by atoms with Gasteiger partial charge >= 0.3 is 5.97 Å². The maximum atomic E-state index is 10.5. The van der Waals surface area contributed by atoms with E-state index in [-0.39, 0.29) is 12.5 Å². The lowest BCUT2D eigenvalue weighted by atomic mass is 10.1. The van der Waals surface area contributed by atoms with Crippen LogP contribution in [0, 0.1) is 0 Å². The van der Waals surface area contributed by atoms with Gasteiger partial charge in [-0.05, 0) is 30.5 Å². The zero-order valence-corrected chi connectivity index (χ0v) is 11.6. The van der Waals surface area contributed by atoms with Crippen molar-refractivity contribution >= 4 is 5.97 Å². The van der Waals surface area contributed by atoms with Gasteiger partial charge in [-0.2, -0.15) is 0 Å². The van der Waals surface area contributed by atoms with E-state index in [2.05, 4.69) is 0 Å². The molecule has 0 aliphatic carbocycles. The highest BCUT2D eigenvalue weighted by Crippen LogP contribution is 2.30. The summed E-state index contributed by atoms with van der Waals surface area (Å²) < 4.78 is 16.5. The van der Waals surface area contributed by atoms with E-state index in [1.165, 1.54) is 0 Å². The summed E-state index contributed by atoms with van der Waals surface area (Å²) in [6.07, 6.45) is 2.46. The molecular formula is C15H20O5. The van der Waals surface area contributed by atoms with Gasteiger partial charge in [0.15, 0.2) is 11.5 Å². The number of ether oxygens (including phenoxy) is 3. The maximum absolute atomic E-state index is 10.5. The lowest BCUT2D eigenvalue weighted by Crippen LogP contribution is -2.16. The van der Waals surface area contributed by atoms with Crippen LogP contribution in [0.15, 0.2) is 18.2 Å². The molecule has 1 N–H and O–H groups in total. The van der Waals surface area contributed by atoms with E-state index in [0.717, 1.165) is 18.6 Å². The van der Waals surface area contributed by atoms with Crippen molar-refractivity contribution in [1.29, 1.82) is 0 Å². The van der Waals surface area contributed by atoms with Crippen molar-refractivity contribution < 1.29 is 24.1 Å². The van der Waals surface area contributed by atoms with E-state index in [1.54, 1.807) is 7.11 Å². The van der Waals surface area contributed by atoms with Crippen LogP contribution in [0.2, 0.25) is 0 Å². The topological polar surface area (TPSA) is 65.0 Å². The molecule has 20 heavy (non-hydrogen) atoms. The van der Waals surface area contributed by atoms with Crippen LogP contribution in [0.4, 0.5) is 0 Å². The molecule has 1 atom stereocenters. The van der Waals surface area contributed by atoms with Crippen molar-refractivity contribution in [3.05, 3.63) is 23.8 Å². The molecule has 110 valence electrons. The molecule has 1 saturated heterocycles. The van der Waals surface area contributed by atoms with Gasteiger partial charge in [0, 0.05) is 12.8 Å². The van der Waals surface area contributed by atoms with Crippen LogP contribution >= 0.6 is 0 Å². The van der Waals surface area contributed by atoms with Crippen molar-refractivity contribution in [2.75, 3.05) is 20.3 Å². The van der Waals surface area contributed by atoms with E-state index >= 15 is 0 Å². The van der Waals surface area contributed by atoms with Crippen molar-refractivity contribution in [2.45, 2.75) is 31.8 Å². The number of aryl methyl sites for hydroxylation is 1. The molecule has 1 aromatic carbocycles. The minimum absolute atomic E-state index is 0.0677. The molecule has 1 aliphatic heterocycles. The number of carboxylic acids is 1. The van der Waals surface area contributed by atoms with E-state index < -0.39 is 5.97 Å². The third-order valence-electron chi connectivity index (χ3n) is 3.27. The lowest BCUT2D eigenvalue weighted by molar-refractivity contribution is -0.137. The van der Waals surface area contributed by atoms with E-state index in [9.17, 15) is 4.79 Å². The second-order valence-corrected chi connectivity index (χ2v) is 4.84. The second kappa shape index (κ2) is 7.14. The first-order chi connectivity index (χ1) is 9.69. The minimum Gasteiger partial charge on any atom is -0.493 e. The molecule has 0 saturated carbocycles. The third kappa shape index (κ3) is 4.13. The van der Waals surface area contributed by atoms with Gasteiger partial charge in [-0.15, -0.1) is 0 Å². The molecule has 1 fully saturated rings. The fraction of sp³-hybridized carbons (Fsp3) is 0.533. The fourth-order valence-electron chi connectivity index (χ4n) is 2.20. The zero-order valence-electron chi connectivity index (χ0n) is 11.6. The lowest BCUT2D eigenvalue weighted by Gasteiger charge is -2.16. The van der Waals surface area contributed by atoms with Crippen molar-refractivity contribution in [2.24, 2.45) is 0 Å². The van der Waals surface area contributed by atoms with Crippen molar-refractivity contribution in [1.82, 2.24) is 0 Å². The number of hydrogen-bond donors (Lipinski definition) is 1. The molecule has 2 rings (SSSR count). The van der Waals surface area contributed by atoms with Crippen LogP contribution in [0.1, 0.15) is 24.8 Å². The number of carboxylic acid groups (broad SMARTS) is 1. The molecule has 1 unspecified atom stereocenters. The standard InChI is InChI=1S/C15H20O5/c1-18-13-6-5-11(3-2-4-15(16)17)9-14(13)20-12-7-8-19-10-12/h5-6,9,12H,2-4,7-8,10H2,1H3,(H,16,17). The monoisotopic (exact) mass is 280 g/mol. The first-order valence-electron chi connectivity index (χ1n) is 6.82. The Morgan fingerprint density at radius 1 is 1.45 bits per heavy atom. The molecule has 1 aliphatic rings. The summed E-state index contributed by atoms with van der Waals surface area (Å²) in [7, 11) is 1.61. The maximum Gasteiger partial charge on any atom is 0.303 e. The van der Waals surface area contributed by atoms with Gasteiger partial charge in [0.25, 0.3) is 0 Å².